The molecule has 0 saturated heterocycles. The second-order valence-electron chi connectivity index (χ2n) is 10.4. The molecule has 8 N–H and O–H groups in total. The number of ketones is 1. The number of carboxylic acids is 2. The zero-order chi connectivity index (χ0) is 34.9. The summed E-state index contributed by atoms with van der Waals surface area (Å²) in [7, 11) is 0. The molecule has 252 valence electrons. The molecule has 0 aliphatic heterocycles. The van der Waals surface area contributed by atoms with Crippen molar-refractivity contribution in [1.82, 2.24) is 25.3 Å². The second kappa shape index (κ2) is 15.7. The van der Waals surface area contributed by atoms with Crippen molar-refractivity contribution < 1.29 is 47.4 Å². The van der Waals surface area contributed by atoms with Crippen LogP contribution in [-0.2, 0) is 25.7 Å². The fraction of sp³-hybridized carbons (Fsp3) is 0.393. The third kappa shape index (κ3) is 10.0. The van der Waals surface area contributed by atoms with Crippen LogP contribution in [0.15, 0.2) is 35.3 Å². The Bertz CT molecular complexity index is 1700. The van der Waals surface area contributed by atoms with Gasteiger partial charge >= 0.3 is 24.0 Å². The van der Waals surface area contributed by atoms with E-state index in [1.807, 2.05) is 0 Å². The van der Waals surface area contributed by atoms with Crippen LogP contribution in [0.4, 0.5) is 24.8 Å². The van der Waals surface area contributed by atoms with Gasteiger partial charge in [0.25, 0.3) is 11.5 Å². The first-order valence-electron chi connectivity index (χ1n) is 14.1. The van der Waals surface area contributed by atoms with E-state index in [4.69, 9.17) is 11.5 Å². The molecule has 0 spiro atoms. The maximum absolute atomic E-state index is 13.5. The van der Waals surface area contributed by atoms with Gasteiger partial charge in [-0.3, -0.25) is 33.9 Å². The van der Waals surface area contributed by atoms with Crippen molar-refractivity contribution in [1.29, 1.82) is 0 Å². The molecule has 3 rings (SSSR count). The van der Waals surface area contributed by atoms with Gasteiger partial charge in [0.1, 0.15) is 11.8 Å². The zero-order valence-corrected chi connectivity index (χ0v) is 24.6. The smallest absolute Gasteiger partial charge is 0.471 e. The van der Waals surface area contributed by atoms with Crippen LogP contribution in [0.25, 0.3) is 11.2 Å². The molecular formula is C28H31F3N8O8. The number of hydrogen-bond donors (Lipinski definition) is 6. The molecule has 2 aromatic heterocycles. The van der Waals surface area contributed by atoms with Gasteiger partial charge in [0.15, 0.2) is 11.2 Å². The minimum Gasteiger partial charge on any atom is -0.481 e. The summed E-state index contributed by atoms with van der Waals surface area (Å²) in [5.74, 6) is -7.60. The van der Waals surface area contributed by atoms with Crippen LogP contribution in [-0.4, -0.2) is 78.4 Å². The molecular weight excluding hydrogens is 633 g/mol. The summed E-state index contributed by atoms with van der Waals surface area (Å²) in [6.07, 6.45) is -4.01. The van der Waals surface area contributed by atoms with E-state index in [-0.39, 0.29) is 59.7 Å². The fourth-order valence-corrected chi connectivity index (χ4v) is 4.46. The van der Waals surface area contributed by atoms with Crippen LogP contribution in [0.1, 0.15) is 54.6 Å². The van der Waals surface area contributed by atoms with Gasteiger partial charge in [-0.2, -0.15) is 18.2 Å². The van der Waals surface area contributed by atoms with Crippen LogP contribution in [0.2, 0.25) is 0 Å². The summed E-state index contributed by atoms with van der Waals surface area (Å²) in [5.41, 5.74) is 8.82. The van der Waals surface area contributed by atoms with Gasteiger partial charge in [0, 0.05) is 24.1 Å². The Labute approximate surface area is 263 Å². The summed E-state index contributed by atoms with van der Waals surface area (Å²) in [4.78, 5) is 86.9. The van der Waals surface area contributed by atoms with E-state index in [0.29, 0.717) is 24.3 Å². The molecule has 0 unspecified atom stereocenters. The van der Waals surface area contributed by atoms with Gasteiger partial charge in [0.05, 0.1) is 24.4 Å². The maximum atomic E-state index is 13.5. The van der Waals surface area contributed by atoms with E-state index in [1.54, 1.807) is 0 Å². The van der Waals surface area contributed by atoms with Gasteiger partial charge < -0.3 is 27.0 Å². The van der Waals surface area contributed by atoms with Crippen LogP contribution >= 0.6 is 0 Å². The number of carboxylic acid groups (broad SMARTS) is 2. The number of unbranched alkanes of at least 4 members (excludes halogenated alkanes) is 1. The van der Waals surface area contributed by atoms with Gasteiger partial charge in [-0.1, -0.05) is 6.42 Å². The van der Waals surface area contributed by atoms with E-state index >= 15 is 0 Å². The van der Waals surface area contributed by atoms with Crippen LogP contribution in [0.5, 0.6) is 0 Å². The van der Waals surface area contributed by atoms with Gasteiger partial charge in [-0.15, -0.1) is 0 Å². The number of amides is 2. The highest BCUT2D eigenvalue weighted by atomic mass is 19.4. The van der Waals surface area contributed by atoms with Crippen molar-refractivity contribution >= 4 is 52.3 Å². The molecule has 0 radical (unpaired) electrons. The van der Waals surface area contributed by atoms with Crippen molar-refractivity contribution in [3.63, 3.8) is 0 Å². The lowest BCUT2D eigenvalue weighted by molar-refractivity contribution is -0.170. The number of H-pyrrole nitrogens is 1. The number of nitrogen functional groups attached to an aromatic ring is 1. The van der Waals surface area contributed by atoms with Crippen LogP contribution in [0, 0.1) is 5.92 Å². The summed E-state index contributed by atoms with van der Waals surface area (Å²) < 4.78 is 40.5. The second-order valence-corrected chi connectivity index (χ2v) is 10.4. The summed E-state index contributed by atoms with van der Waals surface area (Å²) >= 11 is 0. The molecule has 2 atom stereocenters. The number of carbonyl (C=O) groups is 5. The predicted octanol–water partition coefficient (Wildman–Crippen LogP) is 1.14. The van der Waals surface area contributed by atoms with Crippen molar-refractivity contribution in [3.8, 4) is 0 Å². The number of aromatic nitrogens is 4. The molecule has 0 saturated carbocycles. The highest BCUT2D eigenvalue weighted by molar-refractivity contribution is 5.99. The number of nitrogens with one attached hydrogen (secondary N) is 2. The van der Waals surface area contributed by atoms with E-state index in [9.17, 15) is 52.2 Å². The number of aliphatic carboxylic acids is 2. The largest absolute Gasteiger partial charge is 0.481 e. The van der Waals surface area contributed by atoms with Crippen LogP contribution < -0.4 is 27.2 Å². The lowest BCUT2D eigenvalue weighted by Gasteiger charge is -2.24. The Hall–Kier alpha value is -5.46. The standard InChI is InChI=1S/C28H31F3N8O8/c29-28(30,31)26(47)39(13-16-12-34-21-20(35-16)23(42)38-27(33)37-21)17-6-4-14(5-7-17)22(41)36-19(25(45)46)9-8-18(40)11-15(24(43)44)3-1-2-10-32/h4-7,12,15,19H,1-3,8-11,13,32H2,(H,36,41)(H,43,44)(H,45,46)(H3,33,34,37,38,42)/t15-,19+/m1/s1. The average molecular weight is 665 g/mol. The number of fused-ring (bicyclic) bond motifs is 1. The number of nitrogens with two attached hydrogens (primary N) is 2. The summed E-state index contributed by atoms with van der Waals surface area (Å²) in [5, 5.41) is 21.1. The average Bonchev–Trinajstić information content (AvgIpc) is 3.00. The van der Waals surface area contributed by atoms with E-state index in [0.717, 1.165) is 30.5 Å². The number of rotatable bonds is 16. The monoisotopic (exact) mass is 664 g/mol. The first-order valence-corrected chi connectivity index (χ1v) is 14.1. The third-order valence-electron chi connectivity index (χ3n) is 6.88. The Balaban J connectivity index is 1.73. The number of aromatic amines is 1. The Kier molecular flexibility index (Phi) is 12.0. The van der Waals surface area contributed by atoms with Gasteiger partial charge in [-0.05, 0) is 50.1 Å². The number of anilines is 2. The number of halogens is 3. The molecule has 0 bridgehead atoms. The highest BCUT2D eigenvalue weighted by Gasteiger charge is 2.43. The molecule has 2 amide bonds. The molecule has 19 heteroatoms. The topological polar surface area (TPSA) is 265 Å². The molecule has 47 heavy (non-hydrogen) atoms. The molecule has 0 aliphatic carbocycles. The Morgan fingerprint density at radius 3 is 2.28 bits per heavy atom. The van der Waals surface area contributed by atoms with Gasteiger partial charge in [-0.25, -0.2) is 14.8 Å². The fourth-order valence-electron chi connectivity index (χ4n) is 4.46. The summed E-state index contributed by atoms with van der Waals surface area (Å²) in [6.45, 7) is -0.424. The zero-order valence-electron chi connectivity index (χ0n) is 24.6. The summed E-state index contributed by atoms with van der Waals surface area (Å²) in [6, 6.07) is 2.58. The minimum atomic E-state index is -5.32. The Morgan fingerprint density at radius 1 is 1.00 bits per heavy atom. The van der Waals surface area contributed by atoms with Gasteiger partial charge in [0.2, 0.25) is 5.95 Å². The molecule has 3 aromatic rings. The number of carbonyl (C=O) groups excluding carboxylic acids is 3. The molecule has 0 fully saturated rings. The molecule has 1 aromatic carbocycles. The number of Topliss-reactive ketones (excluding diaryl/α,β-unsaturated/α-hetero) is 1. The maximum Gasteiger partial charge on any atom is 0.471 e. The first-order chi connectivity index (χ1) is 22.1. The van der Waals surface area contributed by atoms with E-state index < -0.39 is 59.8 Å². The predicted molar refractivity (Wildman–Crippen MR) is 158 cm³/mol. The van der Waals surface area contributed by atoms with E-state index in [1.165, 1.54) is 0 Å². The third-order valence-corrected chi connectivity index (χ3v) is 6.88. The lowest BCUT2D eigenvalue weighted by atomic mass is 9.94. The molecule has 2 heterocycles. The Morgan fingerprint density at radius 2 is 1.68 bits per heavy atom. The van der Waals surface area contributed by atoms with Crippen molar-refractivity contribution in [2.75, 3.05) is 17.2 Å². The SMILES string of the molecule is NCCCC[C@H](CC(=O)CC[C@H](NC(=O)c1ccc(N(Cc2cnc3nc(N)[nH]c(=O)c3n2)C(=O)C(F)(F)F)cc1)C(=O)O)C(=O)O. The quantitative estimate of drug-likeness (QED) is 0.117. The van der Waals surface area contributed by atoms with E-state index in [2.05, 4.69) is 25.3 Å². The normalized spacial score (nSPS) is 12.7. The number of alkyl halides is 3. The number of hydrogen-bond acceptors (Lipinski definition) is 11. The minimum absolute atomic E-state index is 0.175. The number of nitrogens with zero attached hydrogens (tertiary/aromatic N) is 4. The van der Waals surface area contributed by atoms with Crippen molar-refractivity contribution in [2.24, 2.45) is 11.7 Å². The lowest BCUT2D eigenvalue weighted by Crippen LogP contribution is -2.41. The van der Waals surface area contributed by atoms with Crippen molar-refractivity contribution in [2.45, 2.75) is 57.3 Å². The first kappa shape index (κ1) is 36.0. The molecule has 16 nitrogen and oxygen atoms in total. The number of benzene rings is 1. The van der Waals surface area contributed by atoms with Crippen LogP contribution in [0.3, 0.4) is 0 Å². The molecule has 0 aliphatic rings. The van der Waals surface area contributed by atoms with Crippen molar-refractivity contribution in [3.05, 3.63) is 52.1 Å². The highest BCUT2D eigenvalue weighted by Crippen LogP contribution is 2.26.